The molecule has 4 rings (SSSR count). The van der Waals surface area contributed by atoms with Gasteiger partial charge in [0.2, 0.25) is 5.91 Å². The van der Waals surface area contributed by atoms with Crippen molar-refractivity contribution in [2.24, 2.45) is 5.92 Å². The highest BCUT2D eigenvalue weighted by atomic mass is 16.1. The number of carbonyl (C=O) groups excluding carboxylic acids is 1. The topological polar surface area (TPSA) is 74.2 Å². The van der Waals surface area contributed by atoms with E-state index >= 15 is 0 Å². The Morgan fingerprint density at radius 2 is 1.74 bits per heavy atom. The Morgan fingerprint density at radius 3 is 2.45 bits per heavy atom. The summed E-state index contributed by atoms with van der Waals surface area (Å²) in [5.74, 6) is 0.337. The summed E-state index contributed by atoms with van der Waals surface area (Å²) in [6.07, 6.45) is 9.36. The molecule has 1 amide bonds. The zero-order valence-corrected chi connectivity index (χ0v) is 19.1. The van der Waals surface area contributed by atoms with Gasteiger partial charge in [-0.2, -0.15) is 0 Å². The van der Waals surface area contributed by atoms with Crippen LogP contribution in [0.2, 0.25) is 0 Å². The number of aryl methyl sites for hydroxylation is 2. The van der Waals surface area contributed by atoms with E-state index in [9.17, 15) is 4.79 Å². The summed E-state index contributed by atoms with van der Waals surface area (Å²) in [5.41, 5.74) is 4.78. The lowest BCUT2D eigenvalue weighted by Gasteiger charge is -2.33. The molecule has 2 aliphatic rings. The van der Waals surface area contributed by atoms with Crippen LogP contribution in [0.15, 0.2) is 12.3 Å². The first kappa shape index (κ1) is 21.9. The summed E-state index contributed by atoms with van der Waals surface area (Å²) in [4.78, 5) is 31.5. The summed E-state index contributed by atoms with van der Waals surface area (Å²) >= 11 is 0. The molecule has 2 aliphatic heterocycles. The Bertz CT molecular complexity index is 887. The summed E-state index contributed by atoms with van der Waals surface area (Å²) in [6, 6.07) is 2.10. The number of fused-ring (bicyclic) bond motifs is 1. The van der Waals surface area contributed by atoms with Gasteiger partial charge in [0, 0.05) is 32.1 Å². The number of pyridine rings is 1. The Kier molecular flexibility index (Phi) is 7.33. The minimum Gasteiger partial charge on any atom is -0.370 e. The minimum absolute atomic E-state index is 0.115. The summed E-state index contributed by atoms with van der Waals surface area (Å²) in [7, 11) is 0. The van der Waals surface area contributed by atoms with Crippen molar-refractivity contribution in [2.75, 3.05) is 44.2 Å². The second kappa shape index (κ2) is 10.4. The Morgan fingerprint density at radius 1 is 1.03 bits per heavy atom. The summed E-state index contributed by atoms with van der Waals surface area (Å²) in [6.45, 7) is 10.1. The predicted octanol–water partition coefficient (Wildman–Crippen LogP) is 2.97. The maximum atomic E-state index is 12.6. The molecule has 168 valence electrons. The number of likely N-dealkylation sites (tertiary alicyclic amines) is 1. The fourth-order valence-corrected chi connectivity index (χ4v) is 4.81. The number of hydrogen-bond donors (Lipinski definition) is 1. The SMILES string of the molecule is CCc1nc2cc(N3CCC(C(=O)NCCN4CCCCC4)CC3)cnc2nc1CC. The average Bonchev–Trinajstić information content (AvgIpc) is 2.83. The number of anilines is 1. The zero-order valence-electron chi connectivity index (χ0n) is 19.1. The van der Waals surface area contributed by atoms with Gasteiger partial charge in [-0.15, -0.1) is 0 Å². The number of nitrogens with zero attached hydrogens (tertiary/aromatic N) is 5. The van der Waals surface area contributed by atoms with Crippen molar-refractivity contribution in [1.82, 2.24) is 25.2 Å². The van der Waals surface area contributed by atoms with Gasteiger partial charge >= 0.3 is 0 Å². The highest BCUT2D eigenvalue weighted by Gasteiger charge is 2.25. The van der Waals surface area contributed by atoms with Crippen LogP contribution in [0.3, 0.4) is 0 Å². The van der Waals surface area contributed by atoms with Crippen molar-refractivity contribution in [3.63, 3.8) is 0 Å². The third-order valence-electron chi connectivity index (χ3n) is 6.74. The first-order valence-electron chi connectivity index (χ1n) is 12.1. The van der Waals surface area contributed by atoms with Crippen LogP contribution in [-0.4, -0.2) is 65.0 Å². The first-order chi connectivity index (χ1) is 15.2. The van der Waals surface area contributed by atoms with Gasteiger partial charge in [0.25, 0.3) is 0 Å². The number of aromatic nitrogens is 3. The van der Waals surface area contributed by atoms with E-state index in [1.165, 1.54) is 32.4 Å². The Labute approximate surface area is 185 Å². The van der Waals surface area contributed by atoms with E-state index in [-0.39, 0.29) is 11.8 Å². The van der Waals surface area contributed by atoms with Crippen LogP contribution in [0.4, 0.5) is 5.69 Å². The van der Waals surface area contributed by atoms with Crippen molar-refractivity contribution >= 4 is 22.8 Å². The summed E-state index contributed by atoms with van der Waals surface area (Å²) < 4.78 is 0. The molecule has 0 aliphatic carbocycles. The molecule has 4 heterocycles. The minimum atomic E-state index is 0.115. The van der Waals surface area contributed by atoms with Crippen molar-refractivity contribution < 1.29 is 4.79 Å². The van der Waals surface area contributed by atoms with Crippen LogP contribution in [0.5, 0.6) is 0 Å². The van der Waals surface area contributed by atoms with Crippen molar-refractivity contribution in [3.05, 3.63) is 23.7 Å². The number of amides is 1. The van der Waals surface area contributed by atoms with Gasteiger partial charge in [0.1, 0.15) is 5.52 Å². The molecular formula is C24H36N6O. The molecule has 0 spiro atoms. The highest BCUT2D eigenvalue weighted by molar-refractivity contribution is 5.79. The largest absolute Gasteiger partial charge is 0.370 e. The standard InChI is InChI=1S/C24H36N6O/c1-3-20-21(4-2)28-23-22(27-20)16-19(17-26-23)30-13-8-18(9-14-30)24(31)25-10-15-29-11-6-5-7-12-29/h16-18H,3-15H2,1-2H3,(H,25,31). The molecule has 7 nitrogen and oxygen atoms in total. The third-order valence-corrected chi connectivity index (χ3v) is 6.74. The van der Waals surface area contributed by atoms with Gasteiger partial charge in [-0.1, -0.05) is 20.3 Å². The second-order valence-electron chi connectivity index (χ2n) is 8.82. The Hall–Kier alpha value is -2.28. The quantitative estimate of drug-likeness (QED) is 0.737. The number of piperidine rings is 2. The van der Waals surface area contributed by atoms with Gasteiger partial charge < -0.3 is 15.1 Å². The van der Waals surface area contributed by atoms with E-state index in [1.54, 1.807) is 0 Å². The number of hydrogen-bond acceptors (Lipinski definition) is 6. The predicted molar refractivity (Wildman–Crippen MR) is 124 cm³/mol. The number of nitrogens with one attached hydrogen (secondary N) is 1. The highest BCUT2D eigenvalue weighted by Crippen LogP contribution is 2.25. The van der Waals surface area contributed by atoms with E-state index in [0.29, 0.717) is 0 Å². The molecular weight excluding hydrogens is 388 g/mol. The van der Waals surface area contributed by atoms with Crippen molar-refractivity contribution in [2.45, 2.75) is 58.8 Å². The van der Waals surface area contributed by atoms with Crippen LogP contribution >= 0.6 is 0 Å². The molecule has 0 radical (unpaired) electrons. The number of carbonyl (C=O) groups is 1. The fourth-order valence-electron chi connectivity index (χ4n) is 4.81. The van der Waals surface area contributed by atoms with Gasteiger partial charge in [-0.05, 0) is 57.7 Å². The van der Waals surface area contributed by atoms with Crippen molar-refractivity contribution in [3.8, 4) is 0 Å². The maximum absolute atomic E-state index is 12.6. The molecule has 2 aromatic heterocycles. The van der Waals surface area contributed by atoms with E-state index in [4.69, 9.17) is 9.97 Å². The third kappa shape index (κ3) is 5.32. The molecule has 2 fully saturated rings. The molecule has 0 bridgehead atoms. The van der Waals surface area contributed by atoms with E-state index in [2.05, 4.69) is 40.0 Å². The van der Waals surface area contributed by atoms with Crippen LogP contribution < -0.4 is 10.2 Å². The Balaban J connectivity index is 1.30. The first-order valence-corrected chi connectivity index (χ1v) is 12.1. The van der Waals surface area contributed by atoms with Gasteiger partial charge in [0.05, 0.1) is 23.3 Å². The second-order valence-corrected chi connectivity index (χ2v) is 8.82. The summed E-state index contributed by atoms with van der Waals surface area (Å²) in [5, 5.41) is 3.17. The van der Waals surface area contributed by atoms with Crippen LogP contribution in [-0.2, 0) is 17.6 Å². The molecule has 7 heteroatoms. The molecule has 0 atom stereocenters. The molecule has 0 aromatic carbocycles. The van der Waals surface area contributed by atoms with E-state index in [1.807, 2.05) is 6.20 Å². The normalized spacial score (nSPS) is 18.5. The zero-order chi connectivity index (χ0) is 21.6. The van der Waals surface area contributed by atoms with E-state index < -0.39 is 0 Å². The fraction of sp³-hybridized carbons (Fsp3) is 0.667. The van der Waals surface area contributed by atoms with Crippen LogP contribution in [0, 0.1) is 5.92 Å². The average molecular weight is 425 g/mol. The van der Waals surface area contributed by atoms with Gasteiger partial charge in [0.15, 0.2) is 5.65 Å². The molecule has 2 aromatic rings. The molecule has 1 N–H and O–H groups in total. The van der Waals surface area contributed by atoms with E-state index in [0.717, 1.165) is 80.1 Å². The molecule has 31 heavy (non-hydrogen) atoms. The monoisotopic (exact) mass is 424 g/mol. The molecule has 0 saturated carbocycles. The lowest BCUT2D eigenvalue weighted by Crippen LogP contribution is -2.43. The van der Waals surface area contributed by atoms with Crippen LogP contribution in [0.1, 0.15) is 57.3 Å². The lowest BCUT2D eigenvalue weighted by molar-refractivity contribution is -0.125. The smallest absolute Gasteiger partial charge is 0.223 e. The van der Waals surface area contributed by atoms with Crippen molar-refractivity contribution in [1.29, 1.82) is 0 Å². The van der Waals surface area contributed by atoms with Gasteiger partial charge in [-0.3, -0.25) is 4.79 Å². The number of rotatable bonds is 7. The molecule has 0 unspecified atom stereocenters. The molecule has 2 saturated heterocycles. The van der Waals surface area contributed by atoms with Crippen LogP contribution in [0.25, 0.3) is 11.2 Å². The van der Waals surface area contributed by atoms with Gasteiger partial charge in [-0.25, -0.2) is 15.0 Å². The lowest BCUT2D eigenvalue weighted by atomic mass is 9.95. The maximum Gasteiger partial charge on any atom is 0.223 e.